The quantitative estimate of drug-likeness (QED) is 0.815. The number of carbonyl (C=O) groups is 2. The summed E-state index contributed by atoms with van der Waals surface area (Å²) in [6.45, 7) is 3.33. The molecule has 2 atom stereocenters. The average molecular weight is 367 g/mol. The molecule has 6 heteroatoms. The number of pyridine rings is 1. The van der Waals surface area contributed by atoms with Gasteiger partial charge in [0.05, 0.1) is 18.6 Å². The van der Waals surface area contributed by atoms with Gasteiger partial charge in [-0.1, -0.05) is 35.9 Å². The molecular formula is C21H25N3O3. The van der Waals surface area contributed by atoms with Crippen molar-refractivity contribution in [2.75, 3.05) is 20.3 Å². The number of nitrogens with zero attached hydrogens (tertiary/aromatic N) is 2. The second-order valence-corrected chi connectivity index (χ2v) is 6.83. The van der Waals surface area contributed by atoms with E-state index in [1.165, 1.54) is 0 Å². The first-order chi connectivity index (χ1) is 13.1. The Hall–Kier alpha value is -2.73. The summed E-state index contributed by atoms with van der Waals surface area (Å²) in [5, 5.41) is 2.96. The summed E-state index contributed by atoms with van der Waals surface area (Å²) in [4.78, 5) is 31.4. The van der Waals surface area contributed by atoms with Crippen molar-refractivity contribution in [3.8, 4) is 0 Å². The number of amides is 2. The van der Waals surface area contributed by atoms with E-state index in [2.05, 4.69) is 10.3 Å². The van der Waals surface area contributed by atoms with Gasteiger partial charge in [-0.05, 0) is 24.1 Å². The summed E-state index contributed by atoms with van der Waals surface area (Å²) in [7, 11) is 1.61. The number of ether oxygens (including phenoxy) is 1. The van der Waals surface area contributed by atoms with Crippen molar-refractivity contribution in [3.63, 3.8) is 0 Å². The van der Waals surface area contributed by atoms with E-state index in [9.17, 15) is 9.59 Å². The highest BCUT2D eigenvalue weighted by molar-refractivity contribution is 5.90. The Balaban J connectivity index is 1.80. The van der Waals surface area contributed by atoms with Crippen molar-refractivity contribution >= 4 is 11.8 Å². The van der Waals surface area contributed by atoms with Crippen LogP contribution in [0.1, 0.15) is 29.2 Å². The van der Waals surface area contributed by atoms with Crippen LogP contribution in [0.3, 0.4) is 0 Å². The second-order valence-electron chi connectivity index (χ2n) is 6.83. The Morgan fingerprint density at radius 2 is 2.19 bits per heavy atom. The number of carbonyl (C=O) groups excluding carboxylic acids is 2. The molecule has 1 aliphatic rings. The van der Waals surface area contributed by atoms with Crippen LogP contribution in [-0.2, 0) is 20.9 Å². The van der Waals surface area contributed by atoms with Crippen LogP contribution in [0.25, 0.3) is 0 Å². The molecule has 27 heavy (non-hydrogen) atoms. The molecule has 3 rings (SSSR count). The standard InChI is InChI=1S/C21H25N3O3/c1-15-5-3-7-17(11-15)20-18(12-19(25)24(20)9-10-27-2)21(26)23-14-16-6-4-8-22-13-16/h3-8,11,13,18,20H,9-10,12,14H2,1-2H3,(H,23,26)/t18-,20+/m1/s1. The molecule has 6 nitrogen and oxygen atoms in total. The van der Waals surface area contributed by atoms with E-state index in [1.54, 1.807) is 24.4 Å². The lowest BCUT2D eigenvalue weighted by Crippen LogP contribution is -2.36. The lowest BCUT2D eigenvalue weighted by molar-refractivity contribution is -0.129. The number of aromatic nitrogens is 1. The summed E-state index contributed by atoms with van der Waals surface area (Å²) in [6, 6.07) is 11.5. The molecule has 0 saturated carbocycles. The van der Waals surface area contributed by atoms with E-state index in [4.69, 9.17) is 4.74 Å². The van der Waals surface area contributed by atoms with Gasteiger partial charge < -0.3 is 15.0 Å². The van der Waals surface area contributed by atoms with Crippen LogP contribution in [0.4, 0.5) is 0 Å². The summed E-state index contributed by atoms with van der Waals surface area (Å²) in [5.41, 5.74) is 3.02. The molecule has 0 spiro atoms. The SMILES string of the molecule is COCCN1C(=O)C[C@@H](C(=O)NCc2cccnc2)[C@@H]1c1cccc(C)c1. The van der Waals surface area contributed by atoms with Gasteiger partial charge >= 0.3 is 0 Å². The second kappa shape index (κ2) is 8.77. The fraction of sp³-hybridized carbons (Fsp3) is 0.381. The van der Waals surface area contributed by atoms with Gasteiger partial charge in [-0.25, -0.2) is 0 Å². The maximum Gasteiger partial charge on any atom is 0.226 e. The number of hydrogen-bond acceptors (Lipinski definition) is 4. The molecule has 0 radical (unpaired) electrons. The summed E-state index contributed by atoms with van der Waals surface area (Å²) >= 11 is 0. The van der Waals surface area contributed by atoms with E-state index in [0.29, 0.717) is 19.7 Å². The minimum absolute atomic E-state index is 0.0138. The monoisotopic (exact) mass is 367 g/mol. The van der Waals surface area contributed by atoms with E-state index in [-0.39, 0.29) is 24.3 Å². The maximum atomic E-state index is 12.9. The molecule has 142 valence electrons. The van der Waals surface area contributed by atoms with E-state index < -0.39 is 5.92 Å². The van der Waals surface area contributed by atoms with E-state index in [1.807, 2.05) is 43.3 Å². The lowest BCUT2D eigenvalue weighted by Gasteiger charge is -2.28. The van der Waals surface area contributed by atoms with Gasteiger partial charge in [-0.2, -0.15) is 0 Å². The molecule has 1 fully saturated rings. The van der Waals surface area contributed by atoms with Crippen LogP contribution in [0.15, 0.2) is 48.8 Å². The molecule has 1 aromatic heterocycles. The minimum atomic E-state index is -0.423. The van der Waals surface area contributed by atoms with Crippen molar-refractivity contribution in [2.24, 2.45) is 5.92 Å². The molecule has 1 aliphatic heterocycles. The minimum Gasteiger partial charge on any atom is -0.383 e. The van der Waals surface area contributed by atoms with Gasteiger partial charge in [0, 0.05) is 39.0 Å². The van der Waals surface area contributed by atoms with Crippen LogP contribution in [0.5, 0.6) is 0 Å². The van der Waals surface area contributed by atoms with Crippen LogP contribution in [-0.4, -0.2) is 42.0 Å². The van der Waals surface area contributed by atoms with Gasteiger partial charge in [-0.15, -0.1) is 0 Å². The molecule has 0 unspecified atom stereocenters. The number of methoxy groups -OCH3 is 1. The highest BCUT2D eigenvalue weighted by Gasteiger charge is 2.44. The normalized spacial score (nSPS) is 19.3. The van der Waals surface area contributed by atoms with Crippen LogP contribution >= 0.6 is 0 Å². The molecule has 1 N–H and O–H groups in total. The zero-order valence-corrected chi connectivity index (χ0v) is 15.7. The molecule has 0 bridgehead atoms. The largest absolute Gasteiger partial charge is 0.383 e. The first kappa shape index (κ1) is 19.0. The van der Waals surface area contributed by atoms with Gasteiger partial charge in [0.25, 0.3) is 0 Å². The number of hydrogen-bond donors (Lipinski definition) is 1. The first-order valence-corrected chi connectivity index (χ1v) is 9.11. The molecule has 1 saturated heterocycles. The third-order valence-electron chi connectivity index (χ3n) is 4.88. The van der Waals surface area contributed by atoms with Gasteiger partial charge in [0.15, 0.2) is 0 Å². The number of likely N-dealkylation sites (tertiary alicyclic amines) is 1. The molecule has 0 aliphatic carbocycles. The van der Waals surface area contributed by atoms with Crippen molar-refractivity contribution in [2.45, 2.75) is 25.9 Å². The van der Waals surface area contributed by atoms with Crippen molar-refractivity contribution in [1.82, 2.24) is 15.2 Å². The average Bonchev–Trinajstić information content (AvgIpc) is 3.01. The van der Waals surface area contributed by atoms with Gasteiger partial charge in [0.2, 0.25) is 11.8 Å². The number of rotatable bonds is 7. The third kappa shape index (κ3) is 4.52. The lowest BCUT2D eigenvalue weighted by atomic mass is 9.92. The number of nitrogens with one attached hydrogen (secondary N) is 1. The van der Waals surface area contributed by atoms with Gasteiger partial charge in [-0.3, -0.25) is 14.6 Å². The predicted octanol–water partition coefficient (Wildman–Crippen LogP) is 2.24. The van der Waals surface area contributed by atoms with Crippen LogP contribution < -0.4 is 5.32 Å². The summed E-state index contributed by atoms with van der Waals surface area (Å²) < 4.78 is 5.16. The van der Waals surface area contributed by atoms with Crippen molar-refractivity contribution in [3.05, 3.63) is 65.5 Å². The fourth-order valence-corrected chi connectivity index (χ4v) is 3.57. The van der Waals surface area contributed by atoms with Crippen LogP contribution in [0.2, 0.25) is 0 Å². The van der Waals surface area contributed by atoms with Crippen molar-refractivity contribution < 1.29 is 14.3 Å². The maximum absolute atomic E-state index is 12.9. The smallest absolute Gasteiger partial charge is 0.226 e. The first-order valence-electron chi connectivity index (χ1n) is 9.11. The topological polar surface area (TPSA) is 71.5 Å². The molecule has 1 aromatic carbocycles. The molecule has 2 amide bonds. The van der Waals surface area contributed by atoms with E-state index in [0.717, 1.165) is 16.7 Å². The fourth-order valence-electron chi connectivity index (χ4n) is 3.57. The van der Waals surface area contributed by atoms with Crippen molar-refractivity contribution in [1.29, 1.82) is 0 Å². The third-order valence-corrected chi connectivity index (χ3v) is 4.88. The summed E-state index contributed by atoms with van der Waals surface area (Å²) in [5.74, 6) is -0.550. The zero-order chi connectivity index (χ0) is 19.2. The van der Waals surface area contributed by atoms with Crippen LogP contribution in [0, 0.1) is 12.8 Å². The summed E-state index contributed by atoms with van der Waals surface area (Å²) in [6.07, 6.45) is 3.63. The Bertz CT molecular complexity index is 794. The Morgan fingerprint density at radius 3 is 2.89 bits per heavy atom. The Labute approximate surface area is 159 Å². The number of benzene rings is 1. The highest BCUT2D eigenvalue weighted by Crippen LogP contribution is 2.38. The molecule has 2 aromatic rings. The van der Waals surface area contributed by atoms with E-state index >= 15 is 0 Å². The molecule has 2 heterocycles. The Kier molecular flexibility index (Phi) is 6.19. The highest BCUT2D eigenvalue weighted by atomic mass is 16.5. The van der Waals surface area contributed by atoms with Gasteiger partial charge in [0.1, 0.15) is 0 Å². The Morgan fingerprint density at radius 1 is 1.33 bits per heavy atom. The zero-order valence-electron chi connectivity index (χ0n) is 15.7. The molecular weight excluding hydrogens is 342 g/mol. The predicted molar refractivity (Wildman–Crippen MR) is 102 cm³/mol. The number of aryl methyl sites for hydroxylation is 1.